The number of aromatic nitrogens is 1. The van der Waals surface area contributed by atoms with E-state index in [1.165, 1.54) is 0 Å². The normalized spacial score (nSPS) is 13.6. The number of carbonyl (C=O) groups excluding carboxylic acids is 2. The number of hydrogen-bond donors (Lipinski definition) is 1. The van der Waals surface area contributed by atoms with Crippen molar-refractivity contribution in [2.75, 3.05) is 27.4 Å². The van der Waals surface area contributed by atoms with Crippen LogP contribution < -0.4 is 14.8 Å². The molecule has 1 aliphatic carbocycles. The molecule has 0 atom stereocenters. The highest BCUT2D eigenvalue weighted by atomic mass is 16.5. The third kappa shape index (κ3) is 4.53. The van der Waals surface area contributed by atoms with Gasteiger partial charge < -0.3 is 19.5 Å². The van der Waals surface area contributed by atoms with E-state index in [2.05, 4.69) is 11.4 Å². The third-order valence-corrected chi connectivity index (χ3v) is 5.60. The molecule has 1 aromatic heterocycles. The van der Waals surface area contributed by atoms with Crippen molar-refractivity contribution in [2.24, 2.45) is 0 Å². The molecule has 33 heavy (non-hydrogen) atoms. The van der Waals surface area contributed by atoms with E-state index in [0.29, 0.717) is 35.5 Å². The molecular formula is C26H26N2O5. The summed E-state index contributed by atoms with van der Waals surface area (Å²) in [4.78, 5) is 29.7. The lowest BCUT2D eigenvalue weighted by atomic mass is 10.0. The number of esters is 1. The van der Waals surface area contributed by atoms with Crippen LogP contribution in [0.5, 0.6) is 11.5 Å². The first-order valence-corrected chi connectivity index (χ1v) is 10.8. The lowest BCUT2D eigenvalue weighted by Gasteiger charge is -2.12. The van der Waals surface area contributed by atoms with Gasteiger partial charge in [0.1, 0.15) is 0 Å². The van der Waals surface area contributed by atoms with Crippen LogP contribution in [0.3, 0.4) is 0 Å². The van der Waals surface area contributed by atoms with E-state index in [1.807, 2.05) is 49.4 Å². The molecule has 3 aromatic rings. The molecule has 1 aliphatic rings. The molecule has 0 radical (unpaired) electrons. The van der Waals surface area contributed by atoms with Gasteiger partial charge in [-0.05, 0) is 60.7 Å². The van der Waals surface area contributed by atoms with Crippen LogP contribution >= 0.6 is 0 Å². The second kappa shape index (κ2) is 9.73. The molecule has 4 rings (SSSR count). The molecule has 2 aromatic carbocycles. The first-order chi connectivity index (χ1) is 16.0. The summed E-state index contributed by atoms with van der Waals surface area (Å²) in [5.74, 6) is 0.470. The number of hydrogen-bond acceptors (Lipinski definition) is 6. The number of amides is 1. The fourth-order valence-electron chi connectivity index (χ4n) is 4.11. The number of allylic oxidation sites excluding steroid dienone is 1. The number of likely N-dealkylation sites (N-methyl/N-ethyl adjacent to an activating group) is 1. The Morgan fingerprint density at radius 3 is 2.61 bits per heavy atom. The second-order valence-electron chi connectivity index (χ2n) is 7.64. The zero-order chi connectivity index (χ0) is 23.4. The number of rotatable bonds is 7. The lowest BCUT2D eigenvalue weighted by molar-refractivity contribution is -0.124. The summed E-state index contributed by atoms with van der Waals surface area (Å²) in [6.45, 7) is 1.98. The maximum Gasteiger partial charge on any atom is 0.339 e. The van der Waals surface area contributed by atoms with Crippen LogP contribution in [0.25, 0.3) is 22.6 Å². The standard InChI is InChI=1S/C26H26N2O5/c1-4-27-23(29)15-33-26(30)24-18-7-5-6-8-20(18)28-25-17(10-11-19(24)25)13-16-9-12-21(31-2)22(14-16)32-3/h5-9,12-14H,4,10-11,15H2,1-3H3,(H,27,29)/b17-13+. The Labute approximate surface area is 192 Å². The molecule has 7 nitrogen and oxygen atoms in total. The molecule has 7 heteroatoms. The van der Waals surface area contributed by atoms with Gasteiger partial charge in [-0.1, -0.05) is 24.3 Å². The van der Waals surface area contributed by atoms with Crippen molar-refractivity contribution in [2.45, 2.75) is 19.8 Å². The summed E-state index contributed by atoms with van der Waals surface area (Å²) >= 11 is 0. The number of benzene rings is 2. The molecule has 1 N–H and O–H groups in total. The number of para-hydroxylation sites is 1. The third-order valence-electron chi connectivity index (χ3n) is 5.60. The van der Waals surface area contributed by atoms with Crippen molar-refractivity contribution in [3.05, 3.63) is 64.8 Å². The van der Waals surface area contributed by atoms with E-state index >= 15 is 0 Å². The molecule has 1 heterocycles. The van der Waals surface area contributed by atoms with Crippen molar-refractivity contribution >= 4 is 34.4 Å². The fraction of sp³-hybridized carbons (Fsp3) is 0.269. The van der Waals surface area contributed by atoms with E-state index in [-0.39, 0.29) is 12.5 Å². The summed E-state index contributed by atoms with van der Waals surface area (Å²) in [7, 11) is 3.21. The molecule has 0 saturated carbocycles. The van der Waals surface area contributed by atoms with E-state index < -0.39 is 5.97 Å². The minimum Gasteiger partial charge on any atom is -0.493 e. The maximum absolute atomic E-state index is 13.1. The van der Waals surface area contributed by atoms with Gasteiger partial charge >= 0.3 is 5.97 Å². The SMILES string of the molecule is CCNC(=O)COC(=O)c1c2c(nc3ccccc13)/C(=C/c1ccc(OC)c(OC)c1)CC2. The molecular weight excluding hydrogens is 420 g/mol. The molecule has 170 valence electrons. The molecule has 0 unspecified atom stereocenters. The van der Waals surface area contributed by atoms with Gasteiger partial charge in [0.05, 0.1) is 31.0 Å². The van der Waals surface area contributed by atoms with Crippen LogP contribution in [0.2, 0.25) is 0 Å². The molecule has 0 fully saturated rings. The van der Waals surface area contributed by atoms with Gasteiger partial charge in [-0.3, -0.25) is 4.79 Å². The summed E-state index contributed by atoms with van der Waals surface area (Å²) in [5, 5.41) is 3.36. The number of nitrogens with zero attached hydrogens (tertiary/aromatic N) is 1. The van der Waals surface area contributed by atoms with Crippen LogP contribution in [0, 0.1) is 0 Å². The minimum atomic E-state index is -0.511. The van der Waals surface area contributed by atoms with Crippen LogP contribution in [0.1, 0.15) is 40.5 Å². The number of ether oxygens (including phenoxy) is 3. The van der Waals surface area contributed by atoms with Crippen molar-refractivity contribution < 1.29 is 23.8 Å². The highest BCUT2D eigenvalue weighted by Gasteiger charge is 2.28. The summed E-state index contributed by atoms with van der Waals surface area (Å²) in [6, 6.07) is 13.2. The Hall–Kier alpha value is -3.87. The average molecular weight is 447 g/mol. The topological polar surface area (TPSA) is 86.8 Å². The zero-order valence-corrected chi connectivity index (χ0v) is 18.9. The van der Waals surface area contributed by atoms with Crippen LogP contribution in [0.4, 0.5) is 0 Å². The van der Waals surface area contributed by atoms with Crippen molar-refractivity contribution in [3.8, 4) is 11.5 Å². The van der Waals surface area contributed by atoms with Gasteiger partial charge in [0, 0.05) is 11.9 Å². The van der Waals surface area contributed by atoms with Crippen molar-refractivity contribution in [1.82, 2.24) is 10.3 Å². The smallest absolute Gasteiger partial charge is 0.339 e. The van der Waals surface area contributed by atoms with Crippen LogP contribution in [-0.4, -0.2) is 44.2 Å². The Morgan fingerprint density at radius 2 is 1.85 bits per heavy atom. The van der Waals surface area contributed by atoms with E-state index in [1.54, 1.807) is 14.2 Å². The second-order valence-corrected chi connectivity index (χ2v) is 7.64. The Morgan fingerprint density at radius 1 is 1.06 bits per heavy atom. The molecule has 0 spiro atoms. The van der Waals surface area contributed by atoms with Crippen LogP contribution in [-0.2, 0) is 16.0 Å². The lowest BCUT2D eigenvalue weighted by Crippen LogP contribution is -2.28. The Balaban J connectivity index is 1.75. The van der Waals surface area contributed by atoms with Gasteiger partial charge in [-0.2, -0.15) is 0 Å². The number of carbonyl (C=O) groups is 2. The number of fused-ring (bicyclic) bond motifs is 2. The van der Waals surface area contributed by atoms with Gasteiger partial charge in [-0.25, -0.2) is 9.78 Å². The summed E-state index contributed by atoms with van der Waals surface area (Å²) < 4.78 is 16.1. The number of pyridine rings is 1. The predicted octanol–water partition coefficient (Wildman–Crippen LogP) is 4.03. The fourth-order valence-corrected chi connectivity index (χ4v) is 4.11. The van der Waals surface area contributed by atoms with Crippen molar-refractivity contribution in [3.63, 3.8) is 0 Å². The first-order valence-electron chi connectivity index (χ1n) is 10.8. The predicted molar refractivity (Wildman–Crippen MR) is 126 cm³/mol. The van der Waals surface area contributed by atoms with Gasteiger partial charge in [-0.15, -0.1) is 0 Å². The maximum atomic E-state index is 13.1. The zero-order valence-electron chi connectivity index (χ0n) is 18.9. The molecule has 0 saturated heterocycles. The minimum absolute atomic E-state index is 0.313. The molecule has 0 aliphatic heterocycles. The number of nitrogens with one attached hydrogen (secondary N) is 1. The van der Waals surface area contributed by atoms with E-state index in [0.717, 1.165) is 34.2 Å². The average Bonchev–Trinajstić information content (AvgIpc) is 3.22. The van der Waals surface area contributed by atoms with E-state index in [9.17, 15) is 9.59 Å². The quantitative estimate of drug-likeness (QED) is 0.552. The van der Waals surface area contributed by atoms with Gasteiger partial charge in [0.2, 0.25) is 0 Å². The number of methoxy groups -OCH3 is 2. The highest BCUT2D eigenvalue weighted by Crippen LogP contribution is 2.38. The summed E-state index contributed by atoms with van der Waals surface area (Å²) in [6.07, 6.45) is 3.46. The van der Waals surface area contributed by atoms with Gasteiger partial charge in [0.25, 0.3) is 5.91 Å². The first kappa shape index (κ1) is 22.3. The van der Waals surface area contributed by atoms with Gasteiger partial charge in [0.15, 0.2) is 18.1 Å². The summed E-state index contributed by atoms with van der Waals surface area (Å²) in [5.41, 5.74) is 4.80. The Bertz CT molecular complexity index is 1250. The molecule has 0 bridgehead atoms. The monoisotopic (exact) mass is 446 g/mol. The van der Waals surface area contributed by atoms with Crippen molar-refractivity contribution in [1.29, 1.82) is 0 Å². The van der Waals surface area contributed by atoms with E-state index in [4.69, 9.17) is 19.2 Å². The largest absolute Gasteiger partial charge is 0.493 e. The Kier molecular flexibility index (Phi) is 6.58. The van der Waals surface area contributed by atoms with Crippen LogP contribution in [0.15, 0.2) is 42.5 Å². The molecule has 1 amide bonds. The highest BCUT2D eigenvalue weighted by molar-refractivity contribution is 6.07.